The van der Waals surface area contributed by atoms with Gasteiger partial charge in [0.15, 0.2) is 5.96 Å². The molecular formula is C22H27N5. The molecule has 1 aromatic carbocycles. The molecule has 2 heterocycles. The molecule has 0 aliphatic heterocycles. The predicted octanol–water partition coefficient (Wildman–Crippen LogP) is 3.16. The molecule has 0 unspecified atom stereocenters. The van der Waals surface area contributed by atoms with E-state index in [-0.39, 0.29) is 5.41 Å². The fraction of sp³-hybridized carbons (Fsp3) is 0.364. The second-order valence-electron chi connectivity index (χ2n) is 7.30. The number of fused-ring (bicyclic) bond motifs is 1. The van der Waals surface area contributed by atoms with Crippen LogP contribution in [0.3, 0.4) is 0 Å². The standard InChI is InChI=1S/C22H27N5/c1-23-21(24-14-11-19-16-27-15-6-5-10-20(27)26-19)25-17-22(12-7-13-22)18-8-3-2-4-9-18/h2-6,8-10,15-16H,7,11-14,17H2,1H3,(H2,23,24,25). The van der Waals surface area contributed by atoms with E-state index in [9.17, 15) is 0 Å². The van der Waals surface area contributed by atoms with Crippen LogP contribution in [0.15, 0.2) is 65.9 Å². The fourth-order valence-corrected chi connectivity index (χ4v) is 3.85. The van der Waals surface area contributed by atoms with Gasteiger partial charge < -0.3 is 15.0 Å². The van der Waals surface area contributed by atoms with Crippen LogP contribution in [0.5, 0.6) is 0 Å². The lowest BCUT2D eigenvalue weighted by Crippen LogP contribution is -2.49. The van der Waals surface area contributed by atoms with Crippen LogP contribution in [0.1, 0.15) is 30.5 Å². The Bertz CT molecular complexity index is 876. The molecule has 0 amide bonds. The molecule has 2 N–H and O–H groups in total. The average molecular weight is 361 g/mol. The van der Waals surface area contributed by atoms with E-state index in [2.05, 4.69) is 61.5 Å². The van der Waals surface area contributed by atoms with E-state index >= 15 is 0 Å². The molecule has 0 radical (unpaired) electrons. The SMILES string of the molecule is CN=C(NCCc1cn2ccccc2n1)NCC1(c2ccccc2)CCC1. The topological polar surface area (TPSA) is 53.7 Å². The van der Waals surface area contributed by atoms with Crippen molar-refractivity contribution in [2.75, 3.05) is 20.1 Å². The third kappa shape index (κ3) is 3.82. The van der Waals surface area contributed by atoms with Crippen LogP contribution in [0.2, 0.25) is 0 Å². The summed E-state index contributed by atoms with van der Waals surface area (Å²) in [6.45, 7) is 1.73. The van der Waals surface area contributed by atoms with Crippen molar-refractivity contribution in [3.05, 3.63) is 72.2 Å². The minimum Gasteiger partial charge on any atom is -0.356 e. The van der Waals surface area contributed by atoms with Gasteiger partial charge in [-0.2, -0.15) is 0 Å². The zero-order chi connectivity index (χ0) is 18.5. The van der Waals surface area contributed by atoms with E-state index in [0.29, 0.717) is 0 Å². The van der Waals surface area contributed by atoms with Gasteiger partial charge in [0.25, 0.3) is 0 Å². The molecule has 27 heavy (non-hydrogen) atoms. The maximum absolute atomic E-state index is 4.65. The van der Waals surface area contributed by atoms with Gasteiger partial charge in [-0.1, -0.05) is 42.8 Å². The Morgan fingerprint density at radius 3 is 2.63 bits per heavy atom. The lowest BCUT2D eigenvalue weighted by molar-refractivity contribution is 0.244. The second-order valence-corrected chi connectivity index (χ2v) is 7.30. The second kappa shape index (κ2) is 7.82. The number of rotatable bonds is 6. The number of hydrogen-bond donors (Lipinski definition) is 2. The molecule has 3 aromatic rings. The summed E-state index contributed by atoms with van der Waals surface area (Å²) in [5, 5.41) is 6.96. The lowest BCUT2D eigenvalue weighted by atomic mass is 9.64. The Hall–Kier alpha value is -2.82. The van der Waals surface area contributed by atoms with Crippen LogP contribution in [0, 0.1) is 0 Å². The molecule has 0 atom stereocenters. The normalized spacial score (nSPS) is 16.1. The summed E-state index contributed by atoms with van der Waals surface area (Å²) in [6, 6.07) is 16.9. The summed E-state index contributed by atoms with van der Waals surface area (Å²) in [4.78, 5) is 9.03. The first-order valence-corrected chi connectivity index (χ1v) is 9.72. The van der Waals surface area contributed by atoms with Crippen molar-refractivity contribution in [1.82, 2.24) is 20.0 Å². The molecule has 1 aliphatic carbocycles. The Labute approximate surface area is 160 Å². The summed E-state index contributed by atoms with van der Waals surface area (Å²) >= 11 is 0. The van der Waals surface area contributed by atoms with Gasteiger partial charge in [-0.25, -0.2) is 4.98 Å². The first-order valence-electron chi connectivity index (χ1n) is 9.72. The summed E-state index contributed by atoms with van der Waals surface area (Å²) in [5.74, 6) is 0.862. The molecule has 0 saturated heterocycles. The minimum absolute atomic E-state index is 0.250. The maximum Gasteiger partial charge on any atom is 0.191 e. The van der Waals surface area contributed by atoms with Gasteiger partial charge in [0, 0.05) is 44.4 Å². The number of nitrogens with one attached hydrogen (secondary N) is 2. The van der Waals surface area contributed by atoms with Crippen LogP contribution >= 0.6 is 0 Å². The Morgan fingerprint density at radius 1 is 1.11 bits per heavy atom. The van der Waals surface area contributed by atoms with Crippen molar-refractivity contribution in [3.8, 4) is 0 Å². The number of imidazole rings is 1. The van der Waals surface area contributed by atoms with E-state index in [1.165, 1.54) is 24.8 Å². The van der Waals surface area contributed by atoms with Crippen molar-refractivity contribution >= 4 is 11.6 Å². The zero-order valence-electron chi connectivity index (χ0n) is 15.9. The third-order valence-electron chi connectivity index (χ3n) is 5.60. The van der Waals surface area contributed by atoms with Crippen molar-refractivity contribution in [2.45, 2.75) is 31.1 Å². The first-order chi connectivity index (χ1) is 13.3. The van der Waals surface area contributed by atoms with Crippen LogP contribution in [-0.4, -0.2) is 35.5 Å². The number of benzene rings is 1. The summed E-state index contributed by atoms with van der Waals surface area (Å²) in [6.07, 6.45) is 8.76. The molecule has 0 spiro atoms. The lowest BCUT2D eigenvalue weighted by Gasteiger charge is -2.43. The highest BCUT2D eigenvalue weighted by Crippen LogP contribution is 2.43. The van der Waals surface area contributed by atoms with Gasteiger partial charge in [0.1, 0.15) is 5.65 Å². The smallest absolute Gasteiger partial charge is 0.191 e. The van der Waals surface area contributed by atoms with Gasteiger partial charge >= 0.3 is 0 Å². The highest BCUT2D eigenvalue weighted by Gasteiger charge is 2.38. The summed E-state index contributed by atoms with van der Waals surface area (Å²) in [7, 11) is 1.83. The number of aliphatic imine (C=N–C) groups is 1. The molecule has 0 bridgehead atoms. The van der Waals surface area contributed by atoms with Crippen molar-refractivity contribution in [2.24, 2.45) is 4.99 Å². The summed E-state index contributed by atoms with van der Waals surface area (Å²) in [5.41, 5.74) is 3.76. The molecular weight excluding hydrogens is 334 g/mol. The Morgan fingerprint density at radius 2 is 1.93 bits per heavy atom. The zero-order valence-corrected chi connectivity index (χ0v) is 15.9. The quantitative estimate of drug-likeness (QED) is 0.524. The first kappa shape index (κ1) is 17.6. The van der Waals surface area contributed by atoms with Crippen molar-refractivity contribution in [1.29, 1.82) is 0 Å². The molecule has 1 fully saturated rings. The van der Waals surface area contributed by atoms with E-state index in [1.54, 1.807) is 0 Å². The van der Waals surface area contributed by atoms with Crippen molar-refractivity contribution in [3.63, 3.8) is 0 Å². The number of guanidine groups is 1. The molecule has 4 rings (SSSR count). The number of pyridine rings is 1. The molecule has 1 aliphatic rings. The molecule has 2 aromatic heterocycles. The van der Waals surface area contributed by atoms with Crippen LogP contribution in [0.4, 0.5) is 0 Å². The van der Waals surface area contributed by atoms with Crippen LogP contribution < -0.4 is 10.6 Å². The largest absolute Gasteiger partial charge is 0.356 e. The summed E-state index contributed by atoms with van der Waals surface area (Å²) < 4.78 is 2.06. The number of nitrogens with zero attached hydrogens (tertiary/aromatic N) is 3. The molecule has 5 heteroatoms. The molecule has 140 valence electrons. The minimum atomic E-state index is 0.250. The van der Waals surface area contributed by atoms with E-state index in [1.807, 2.05) is 31.4 Å². The monoisotopic (exact) mass is 361 g/mol. The number of hydrogen-bond acceptors (Lipinski definition) is 2. The number of aromatic nitrogens is 2. The van der Waals surface area contributed by atoms with Gasteiger partial charge in [-0.15, -0.1) is 0 Å². The highest BCUT2D eigenvalue weighted by molar-refractivity contribution is 5.79. The van der Waals surface area contributed by atoms with Gasteiger partial charge in [-0.3, -0.25) is 4.99 Å². The van der Waals surface area contributed by atoms with E-state index in [0.717, 1.165) is 36.8 Å². The molecule has 1 saturated carbocycles. The van der Waals surface area contributed by atoms with Crippen LogP contribution in [-0.2, 0) is 11.8 Å². The van der Waals surface area contributed by atoms with Crippen LogP contribution in [0.25, 0.3) is 5.65 Å². The van der Waals surface area contributed by atoms with Crippen molar-refractivity contribution < 1.29 is 0 Å². The van der Waals surface area contributed by atoms with Gasteiger partial charge in [0.2, 0.25) is 0 Å². The fourth-order valence-electron chi connectivity index (χ4n) is 3.85. The van der Waals surface area contributed by atoms with E-state index < -0.39 is 0 Å². The average Bonchev–Trinajstić information content (AvgIpc) is 3.09. The Kier molecular flexibility index (Phi) is 5.10. The third-order valence-corrected chi connectivity index (χ3v) is 5.60. The molecule has 5 nitrogen and oxygen atoms in total. The van der Waals surface area contributed by atoms with Gasteiger partial charge in [0.05, 0.1) is 5.69 Å². The van der Waals surface area contributed by atoms with Gasteiger partial charge in [-0.05, 0) is 30.5 Å². The van der Waals surface area contributed by atoms with E-state index in [4.69, 9.17) is 0 Å². The highest BCUT2D eigenvalue weighted by atomic mass is 15.2. The Balaban J connectivity index is 1.30. The predicted molar refractivity (Wildman–Crippen MR) is 110 cm³/mol. The maximum atomic E-state index is 4.65.